The molecule has 3 amide bonds. The summed E-state index contributed by atoms with van der Waals surface area (Å²) in [6.07, 6.45) is -0.00728. The van der Waals surface area contributed by atoms with E-state index < -0.39 is 6.04 Å². The van der Waals surface area contributed by atoms with Gasteiger partial charge in [-0.15, -0.1) is 0 Å². The molecule has 0 saturated carbocycles. The zero-order valence-electron chi connectivity index (χ0n) is 16.3. The van der Waals surface area contributed by atoms with Gasteiger partial charge in [0.1, 0.15) is 10.4 Å². The average molecular weight is 440 g/mol. The summed E-state index contributed by atoms with van der Waals surface area (Å²) >= 11 is 3.04. The summed E-state index contributed by atoms with van der Waals surface area (Å²) in [5.74, 6) is 0.326. The number of aliphatic imine (C=N–C) groups is 1. The summed E-state index contributed by atoms with van der Waals surface area (Å²) in [6, 6.07) is 17.6. The zero-order valence-corrected chi connectivity index (χ0v) is 17.9. The van der Waals surface area contributed by atoms with E-state index >= 15 is 0 Å². The van der Waals surface area contributed by atoms with Gasteiger partial charge in [-0.1, -0.05) is 72.1 Å². The van der Waals surface area contributed by atoms with Crippen molar-refractivity contribution in [2.45, 2.75) is 19.0 Å². The maximum atomic E-state index is 13.2. The lowest BCUT2D eigenvalue weighted by molar-refractivity contribution is -0.136. The van der Waals surface area contributed by atoms with Gasteiger partial charge in [0.2, 0.25) is 11.8 Å². The molecular weight excluding hydrogens is 418 g/mol. The van der Waals surface area contributed by atoms with Gasteiger partial charge in [0.25, 0.3) is 5.91 Å². The molecule has 0 aliphatic carbocycles. The van der Waals surface area contributed by atoms with Gasteiger partial charge >= 0.3 is 0 Å². The first kappa shape index (κ1) is 20.7. The molecule has 1 saturated heterocycles. The number of thioether (sulfide) groups is 2. The van der Waals surface area contributed by atoms with E-state index in [1.807, 2.05) is 36.4 Å². The van der Waals surface area contributed by atoms with Gasteiger partial charge in [-0.3, -0.25) is 19.4 Å². The highest BCUT2D eigenvalue weighted by atomic mass is 32.2. The second-order valence-corrected chi connectivity index (χ2v) is 9.22. The number of benzene rings is 2. The van der Waals surface area contributed by atoms with E-state index in [0.29, 0.717) is 5.69 Å². The Balaban J connectivity index is 1.56. The zero-order chi connectivity index (χ0) is 20.9. The molecule has 0 aromatic heterocycles. The van der Waals surface area contributed by atoms with E-state index in [1.165, 1.54) is 16.7 Å². The summed E-state index contributed by atoms with van der Waals surface area (Å²) in [5.41, 5.74) is 1.45. The van der Waals surface area contributed by atoms with Crippen LogP contribution in [0.3, 0.4) is 0 Å². The second-order valence-electron chi connectivity index (χ2n) is 6.91. The van der Waals surface area contributed by atoms with E-state index in [0.717, 1.165) is 22.2 Å². The molecule has 30 heavy (non-hydrogen) atoms. The number of hydrogen-bond acceptors (Lipinski definition) is 6. The Bertz CT molecular complexity index is 966. The van der Waals surface area contributed by atoms with E-state index in [9.17, 15) is 14.4 Å². The number of nitrogens with zero attached hydrogens (tertiary/aromatic N) is 3. The molecule has 0 N–H and O–H groups in total. The number of amides is 3. The van der Waals surface area contributed by atoms with E-state index in [2.05, 4.69) is 4.99 Å². The molecule has 2 heterocycles. The van der Waals surface area contributed by atoms with Gasteiger partial charge in [-0.2, -0.15) is 0 Å². The number of para-hydroxylation sites is 1. The molecule has 154 valence electrons. The fourth-order valence-corrected chi connectivity index (χ4v) is 5.36. The standard InChI is InChI=1S/C22H21N3O3S2/c26-19-13-18(21(28)25(19)17-9-5-2-6-10-17)24(14-16-7-3-1-4-8-16)20(27)15-30-22-23-11-12-29-22/h1-10,18H,11-15H2. The molecule has 0 radical (unpaired) electrons. The van der Waals surface area contributed by atoms with Crippen LogP contribution in [0.4, 0.5) is 5.69 Å². The average Bonchev–Trinajstić information content (AvgIpc) is 3.39. The first-order valence-electron chi connectivity index (χ1n) is 9.69. The number of carbonyl (C=O) groups excluding carboxylic acids is 3. The van der Waals surface area contributed by atoms with Crippen molar-refractivity contribution >= 4 is 51.3 Å². The quantitative estimate of drug-likeness (QED) is 0.647. The van der Waals surface area contributed by atoms with Crippen LogP contribution in [-0.4, -0.2) is 51.1 Å². The minimum Gasteiger partial charge on any atom is -0.325 e. The lowest BCUT2D eigenvalue weighted by Gasteiger charge is -2.27. The van der Waals surface area contributed by atoms with Crippen LogP contribution in [0.2, 0.25) is 0 Å². The first-order valence-corrected chi connectivity index (χ1v) is 11.7. The second kappa shape index (κ2) is 9.49. The highest BCUT2D eigenvalue weighted by Crippen LogP contribution is 2.28. The summed E-state index contributed by atoms with van der Waals surface area (Å²) in [4.78, 5) is 46.1. The number of anilines is 1. The molecular formula is C22H21N3O3S2. The Hall–Kier alpha value is -2.58. The molecule has 0 spiro atoms. The minimum absolute atomic E-state index is 0.00728. The van der Waals surface area contributed by atoms with Crippen molar-refractivity contribution in [2.24, 2.45) is 4.99 Å². The topological polar surface area (TPSA) is 70.0 Å². The van der Waals surface area contributed by atoms with Crippen LogP contribution in [-0.2, 0) is 20.9 Å². The Labute approximate surface area is 183 Å². The van der Waals surface area contributed by atoms with Crippen LogP contribution in [0.1, 0.15) is 12.0 Å². The van der Waals surface area contributed by atoms with Gasteiger partial charge in [0, 0.05) is 12.3 Å². The van der Waals surface area contributed by atoms with Gasteiger partial charge in [0.05, 0.1) is 24.4 Å². The first-order chi connectivity index (χ1) is 14.6. The number of rotatable bonds is 6. The fraction of sp³-hybridized carbons (Fsp3) is 0.273. The monoisotopic (exact) mass is 439 g/mol. The molecule has 1 atom stereocenters. The Morgan fingerprint density at radius 1 is 1.10 bits per heavy atom. The smallest absolute Gasteiger partial charge is 0.257 e. The van der Waals surface area contributed by atoms with Crippen LogP contribution in [0.25, 0.3) is 0 Å². The highest BCUT2D eigenvalue weighted by Gasteiger charge is 2.44. The normalized spacial score (nSPS) is 18.6. The van der Waals surface area contributed by atoms with Crippen LogP contribution < -0.4 is 4.90 Å². The number of imide groups is 1. The molecule has 2 aliphatic rings. The van der Waals surface area contributed by atoms with Gasteiger partial charge in [-0.05, 0) is 17.7 Å². The van der Waals surface area contributed by atoms with Crippen molar-refractivity contribution in [3.8, 4) is 0 Å². The molecule has 1 unspecified atom stereocenters. The summed E-state index contributed by atoms with van der Waals surface area (Å²) in [6.45, 7) is 1.06. The van der Waals surface area contributed by atoms with Crippen LogP contribution in [0, 0.1) is 0 Å². The summed E-state index contributed by atoms with van der Waals surface area (Å²) in [5, 5.41) is 0. The van der Waals surface area contributed by atoms with E-state index in [4.69, 9.17) is 0 Å². The third-order valence-electron chi connectivity index (χ3n) is 4.91. The van der Waals surface area contributed by atoms with Crippen molar-refractivity contribution < 1.29 is 14.4 Å². The van der Waals surface area contributed by atoms with Crippen molar-refractivity contribution in [2.75, 3.05) is 23.0 Å². The molecule has 8 heteroatoms. The van der Waals surface area contributed by atoms with Crippen molar-refractivity contribution in [1.29, 1.82) is 0 Å². The molecule has 0 bridgehead atoms. The summed E-state index contributed by atoms with van der Waals surface area (Å²) < 4.78 is 0.905. The Morgan fingerprint density at radius 2 is 1.80 bits per heavy atom. The van der Waals surface area contributed by atoms with E-state index in [1.54, 1.807) is 40.9 Å². The minimum atomic E-state index is -0.802. The maximum Gasteiger partial charge on any atom is 0.257 e. The molecule has 6 nitrogen and oxygen atoms in total. The van der Waals surface area contributed by atoms with Crippen LogP contribution in [0.15, 0.2) is 65.7 Å². The van der Waals surface area contributed by atoms with Gasteiger partial charge < -0.3 is 4.90 Å². The fourth-order valence-electron chi connectivity index (χ4n) is 3.47. The lowest BCUT2D eigenvalue weighted by Crippen LogP contribution is -2.45. The third-order valence-corrected chi connectivity index (χ3v) is 7.14. The Kier molecular flexibility index (Phi) is 6.54. The molecule has 2 aromatic rings. The lowest BCUT2D eigenvalue weighted by atomic mass is 10.1. The van der Waals surface area contributed by atoms with Gasteiger partial charge in [-0.25, -0.2) is 4.90 Å². The predicted octanol–water partition coefficient (Wildman–Crippen LogP) is 3.18. The van der Waals surface area contributed by atoms with Crippen molar-refractivity contribution in [3.63, 3.8) is 0 Å². The SMILES string of the molecule is O=C1CC(N(Cc2ccccc2)C(=O)CSC2=NCCS2)C(=O)N1c1ccccc1. The Morgan fingerprint density at radius 3 is 2.47 bits per heavy atom. The highest BCUT2D eigenvalue weighted by molar-refractivity contribution is 8.39. The van der Waals surface area contributed by atoms with Crippen molar-refractivity contribution in [1.82, 2.24) is 4.90 Å². The van der Waals surface area contributed by atoms with Crippen LogP contribution in [0.5, 0.6) is 0 Å². The summed E-state index contributed by atoms with van der Waals surface area (Å²) in [7, 11) is 0. The maximum absolute atomic E-state index is 13.2. The molecule has 1 fully saturated rings. The third kappa shape index (κ3) is 4.60. The number of hydrogen-bond donors (Lipinski definition) is 0. The number of carbonyl (C=O) groups is 3. The predicted molar refractivity (Wildman–Crippen MR) is 122 cm³/mol. The largest absolute Gasteiger partial charge is 0.325 e. The molecule has 4 rings (SSSR count). The molecule has 2 aliphatic heterocycles. The van der Waals surface area contributed by atoms with E-state index in [-0.39, 0.29) is 36.4 Å². The molecule has 2 aromatic carbocycles. The van der Waals surface area contributed by atoms with Crippen LogP contribution >= 0.6 is 23.5 Å². The van der Waals surface area contributed by atoms with Crippen molar-refractivity contribution in [3.05, 3.63) is 66.2 Å². The van der Waals surface area contributed by atoms with Gasteiger partial charge in [0.15, 0.2) is 0 Å².